The fourth-order valence-corrected chi connectivity index (χ4v) is 1.60. The molecule has 94 valence electrons. The third-order valence-electron chi connectivity index (χ3n) is 2.96. The van der Waals surface area contributed by atoms with Gasteiger partial charge in [0.25, 0.3) is 0 Å². The number of carboxylic acid groups (broad SMARTS) is 1. The van der Waals surface area contributed by atoms with E-state index in [1.165, 1.54) is 0 Å². The first-order valence-electron chi connectivity index (χ1n) is 5.79. The van der Waals surface area contributed by atoms with Gasteiger partial charge in [-0.25, -0.2) is 4.98 Å². The first kappa shape index (κ1) is 12.3. The van der Waals surface area contributed by atoms with Gasteiger partial charge in [0, 0.05) is 6.04 Å². The summed E-state index contributed by atoms with van der Waals surface area (Å²) in [6.07, 6.45) is 1.62. The lowest BCUT2D eigenvalue weighted by Gasteiger charge is -2.18. The lowest BCUT2D eigenvalue weighted by atomic mass is 10.0. The lowest BCUT2D eigenvalue weighted by Crippen LogP contribution is -2.30. The van der Waals surface area contributed by atoms with Crippen molar-refractivity contribution in [1.29, 1.82) is 0 Å². The Morgan fingerprint density at radius 1 is 1.28 bits per heavy atom. The Bertz CT molecular complexity index is 571. The molecule has 0 bridgehead atoms. The van der Waals surface area contributed by atoms with Gasteiger partial charge in [0.2, 0.25) is 0 Å². The second-order valence-electron chi connectivity index (χ2n) is 4.30. The Kier molecular flexibility index (Phi) is 3.41. The highest BCUT2D eigenvalue weighted by molar-refractivity contribution is 5.75. The number of rotatable bonds is 4. The van der Waals surface area contributed by atoms with Crippen molar-refractivity contribution in [1.82, 2.24) is 9.97 Å². The van der Waals surface area contributed by atoms with E-state index in [4.69, 9.17) is 5.11 Å². The van der Waals surface area contributed by atoms with Crippen molar-refractivity contribution >= 4 is 22.8 Å². The minimum atomic E-state index is -0.830. The average molecular weight is 245 g/mol. The van der Waals surface area contributed by atoms with Crippen LogP contribution in [0.3, 0.4) is 0 Å². The van der Waals surface area contributed by atoms with Gasteiger partial charge in [-0.3, -0.25) is 9.78 Å². The molecule has 2 aromatic rings. The molecule has 0 aliphatic rings. The molecule has 0 radical (unpaired) electrons. The molecule has 18 heavy (non-hydrogen) atoms. The monoisotopic (exact) mass is 245 g/mol. The van der Waals surface area contributed by atoms with Crippen LogP contribution < -0.4 is 5.32 Å². The van der Waals surface area contributed by atoms with E-state index in [2.05, 4.69) is 15.3 Å². The normalized spacial score (nSPS) is 14.1. The number of nitrogens with one attached hydrogen (secondary N) is 1. The van der Waals surface area contributed by atoms with Gasteiger partial charge in [0.05, 0.1) is 23.1 Å². The summed E-state index contributed by atoms with van der Waals surface area (Å²) < 4.78 is 0. The van der Waals surface area contributed by atoms with E-state index in [0.29, 0.717) is 5.82 Å². The highest BCUT2D eigenvalue weighted by atomic mass is 16.4. The van der Waals surface area contributed by atoms with Gasteiger partial charge in [-0.2, -0.15) is 0 Å². The topological polar surface area (TPSA) is 75.1 Å². The average Bonchev–Trinajstić information content (AvgIpc) is 2.37. The Labute approximate surface area is 105 Å². The van der Waals surface area contributed by atoms with Crippen LogP contribution in [-0.4, -0.2) is 27.1 Å². The van der Waals surface area contributed by atoms with Crippen LogP contribution in [0, 0.1) is 5.92 Å². The number of fused-ring (bicyclic) bond motifs is 1. The van der Waals surface area contributed by atoms with E-state index < -0.39 is 11.9 Å². The van der Waals surface area contributed by atoms with E-state index in [0.717, 1.165) is 11.0 Å². The molecule has 0 fully saturated rings. The van der Waals surface area contributed by atoms with Crippen LogP contribution in [-0.2, 0) is 4.79 Å². The van der Waals surface area contributed by atoms with Crippen molar-refractivity contribution < 1.29 is 9.90 Å². The van der Waals surface area contributed by atoms with Crippen molar-refractivity contribution in [2.45, 2.75) is 19.9 Å². The highest BCUT2D eigenvalue weighted by Crippen LogP contribution is 2.14. The second kappa shape index (κ2) is 5.00. The van der Waals surface area contributed by atoms with Crippen molar-refractivity contribution in [3.05, 3.63) is 30.5 Å². The molecular formula is C13H15N3O2. The number of carboxylic acids is 1. The predicted molar refractivity (Wildman–Crippen MR) is 69.4 cm³/mol. The predicted octanol–water partition coefficient (Wildman–Crippen LogP) is 2.15. The largest absolute Gasteiger partial charge is 0.481 e. The minimum absolute atomic E-state index is 0.210. The molecule has 2 atom stereocenters. The summed E-state index contributed by atoms with van der Waals surface area (Å²) >= 11 is 0. The standard InChI is InChI=1S/C13H15N3O2/c1-8(13(17)18)9(2)15-12-7-14-10-5-3-4-6-11(10)16-12/h3-9H,1-2H3,(H,15,16)(H,17,18). The molecule has 1 heterocycles. The molecule has 1 aromatic carbocycles. The molecule has 5 heteroatoms. The highest BCUT2D eigenvalue weighted by Gasteiger charge is 2.19. The maximum Gasteiger partial charge on any atom is 0.308 e. The van der Waals surface area contributed by atoms with Crippen LogP contribution >= 0.6 is 0 Å². The quantitative estimate of drug-likeness (QED) is 0.863. The molecule has 0 aliphatic heterocycles. The van der Waals surface area contributed by atoms with Crippen molar-refractivity contribution in [3.63, 3.8) is 0 Å². The second-order valence-corrected chi connectivity index (χ2v) is 4.30. The van der Waals surface area contributed by atoms with Crippen molar-refractivity contribution in [2.24, 2.45) is 5.92 Å². The van der Waals surface area contributed by atoms with Gasteiger partial charge in [0.1, 0.15) is 5.82 Å². The Balaban J connectivity index is 2.19. The number of hydrogen-bond donors (Lipinski definition) is 2. The van der Waals surface area contributed by atoms with E-state index in [1.54, 1.807) is 13.1 Å². The van der Waals surface area contributed by atoms with Crippen LogP contribution in [0.5, 0.6) is 0 Å². The SMILES string of the molecule is CC(Nc1cnc2ccccc2n1)C(C)C(=O)O. The summed E-state index contributed by atoms with van der Waals surface area (Å²) in [5.74, 6) is -0.726. The molecule has 2 unspecified atom stereocenters. The van der Waals surface area contributed by atoms with Crippen LogP contribution in [0.25, 0.3) is 11.0 Å². The van der Waals surface area contributed by atoms with E-state index in [9.17, 15) is 4.79 Å². The fraction of sp³-hybridized carbons (Fsp3) is 0.308. The minimum Gasteiger partial charge on any atom is -0.481 e. The number of benzene rings is 1. The maximum atomic E-state index is 10.9. The van der Waals surface area contributed by atoms with Crippen LogP contribution in [0.4, 0.5) is 5.82 Å². The smallest absolute Gasteiger partial charge is 0.308 e. The first-order chi connectivity index (χ1) is 8.58. The van der Waals surface area contributed by atoms with E-state index in [1.807, 2.05) is 31.2 Å². The Hall–Kier alpha value is -2.17. The van der Waals surface area contributed by atoms with Gasteiger partial charge in [-0.1, -0.05) is 12.1 Å². The fourth-order valence-electron chi connectivity index (χ4n) is 1.60. The summed E-state index contributed by atoms with van der Waals surface area (Å²) in [6, 6.07) is 7.34. The molecule has 0 aliphatic carbocycles. The number of anilines is 1. The van der Waals surface area contributed by atoms with Gasteiger partial charge in [-0.15, -0.1) is 0 Å². The zero-order valence-electron chi connectivity index (χ0n) is 10.3. The third-order valence-corrected chi connectivity index (χ3v) is 2.96. The molecule has 0 amide bonds. The van der Waals surface area contributed by atoms with Crippen molar-refractivity contribution in [3.8, 4) is 0 Å². The molecule has 0 spiro atoms. The van der Waals surface area contributed by atoms with Crippen LogP contribution in [0.1, 0.15) is 13.8 Å². The van der Waals surface area contributed by atoms with Gasteiger partial charge in [0.15, 0.2) is 0 Å². The van der Waals surface area contributed by atoms with Crippen molar-refractivity contribution in [2.75, 3.05) is 5.32 Å². The van der Waals surface area contributed by atoms with E-state index >= 15 is 0 Å². The molecule has 2 N–H and O–H groups in total. The number of nitrogens with zero attached hydrogens (tertiary/aromatic N) is 2. The van der Waals surface area contributed by atoms with E-state index in [-0.39, 0.29) is 6.04 Å². The Morgan fingerprint density at radius 3 is 2.61 bits per heavy atom. The lowest BCUT2D eigenvalue weighted by molar-refractivity contribution is -0.141. The third kappa shape index (κ3) is 2.56. The molecule has 0 saturated heterocycles. The molecular weight excluding hydrogens is 230 g/mol. The van der Waals surface area contributed by atoms with Crippen LogP contribution in [0.15, 0.2) is 30.5 Å². The number of hydrogen-bond acceptors (Lipinski definition) is 4. The van der Waals surface area contributed by atoms with Crippen LogP contribution in [0.2, 0.25) is 0 Å². The summed E-state index contributed by atoms with van der Waals surface area (Å²) in [5.41, 5.74) is 1.61. The summed E-state index contributed by atoms with van der Waals surface area (Å²) in [6.45, 7) is 3.48. The molecule has 0 saturated carbocycles. The number of para-hydroxylation sites is 2. The number of aliphatic carboxylic acids is 1. The summed E-state index contributed by atoms with van der Waals surface area (Å²) in [4.78, 5) is 19.5. The number of aromatic nitrogens is 2. The Morgan fingerprint density at radius 2 is 1.94 bits per heavy atom. The molecule has 2 rings (SSSR count). The molecule has 5 nitrogen and oxygen atoms in total. The zero-order valence-corrected chi connectivity index (χ0v) is 10.3. The summed E-state index contributed by atoms with van der Waals surface area (Å²) in [5, 5.41) is 12.0. The summed E-state index contributed by atoms with van der Waals surface area (Å²) in [7, 11) is 0. The maximum absolute atomic E-state index is 10.9. The van der Waals surface area contributed by atoms with Gasteiger partial charge in [-0.05, 0) is 26.0 Å². The number of carbonyl (C=O) groups is 1. The first-order valence-corrected chi connectivity index (χ1v) is 5.79. The molecule has 1 aromatic heterocycles. The van der Waals surface area contributed by atoms with Gasteiger partial charge >= 0.3 is 5.97 Å². The van der Waals surface area contributed by atoms with Gasteiger partial charge < -0.3 is 10.4 Å². The zero-order chi connectivity index (χ0) is 13.1.